The topological polar surface area (TPSA) is 63.0 Å². The number of aromatic nitrogens is 1. The highest BCUT2D eigenvalue weighted by Crippen LogP contribution is 2.20. The molecule has 4 nitrogen and oxygen atoms in total. The van der Waals surface area contributed by atoms with E-state index in [-0.39, 0.29) is 5.78 Å². The van der Waals surface area contributed by atoms with E-state index in [1.165, 1.54) is 0 Å². The van der Waals surface area contributed by atoms with Crippen LogP contribution in [0, 0.1) is 11.3 Å². The van der Waals surface area contributed by atoms with Crippen molar-refractivity contribution in [1.82, 2.24) is 4.98 Å². The second kappa shape index (κ2) is 6.48. The Balaban J connectivity index is 2.23. The van der Waals surface area contributed by atoms with Crippen molar-refractivity contribution in [3.63, 3.8) is 0 Å². The Kier molecular flexibility index (Phi) is 4.46. The van der Waals surface area contributed by atoms with Crippen molar-refractivity contribution >= 4 is 5.78 Å². The summed E-state index contributed by atoms with van der Waals surface area (Å²) in [5.41, 5.74) is 0.944. The Morgan fingerprint density at radius 3 is 2.60 bits per heavy atom. The number of benzene rings is 1. The van der Waals surface area contributed by atoms with Gasteiger partial charge in [-0.3, -0.25) is 9.78 Å². The van der Waals surface area contributed by atoms with Crippen LogP contribution in [-0.2, 0) is 0 Å². The standard InChI is InChI=1S/C16H14N2O2/c1-2-20-13-8-6-12(7-9-13)16(19)14(11-17)15-5-3-4-10-18-15/h3-10,14H,2H2,1H3. The second-order valence-corrected chi connectivity index (χ2v) is 4.14. The number of Topliss-reactive ketones (excluding diaryl/α,β-unsaturated/α-hetero) is 1. The Morgan fingerprint density at radius 2 is 2.05 bits per heavy atom. The van der Waals surface area contributed by atoms with Gasteiger partial charge >= 0.3 is 0 Å². The van der Waals surface area contributed by atoms with E-state index in [1.807, 2.05) is 13.0 Å². The number of nitriles is 1. The van der Waals surface area contributed by atoms with Crippen molar-refractivity contribution in [3.8, 4) is 11.8 Å². The number of rotatable bonds is 5. The lowest BCUT2D eigenvalue weighted by Crippen LogP contribution is -2.12. The van der Waals surface area contributed by atoms with Crippen molar-refractivity contribution in [2.45, 2.75) is 12.8 Å². The molecule has 0 aliphatic carbocycles. The predicted molar refractivity (Wildman–Crippen MR) is 74.5 cm³/mol. The Hall–Kier alpha value is -2.67. The van der Waals surface area contributed by atoms with Gasteiger partial charge in [-0.05, 0) is 43.3 Å². The van der Waals surface area contributed by atoms with Gasteiger partial charge in [-0.15, -0.1) is 0 Å². The van der Waals surface area contributed by atoms with E-state index in [1.54, 1.807) is 48.7 Å². The molecule has 0 N–H and O–H groups in total. The lowest BCUT2D eigenvalue weighted by molar-refractivity contribution is 0.0977. The normalized spacial score (nSPS) is 11.4. The van der Waals surface area contributed by atoms with Crippen LogP contribution in [0.5, 0.6) is 5.75 Å². The smallest absolute Gasteiger partial charge is 0.186 e. The molecule has 0 fully saturated rings. The van der Waals surface area contributed by atoms with Gasteiger partial charge in [0.05, 0.1) is 18.4 Å². The minimum atomic E-state index is -0.880. The highest BCUT2D eigenvalue weighted by molar-refractivity contribution is 6.02. The third-order valence-corrected chi connectivity index (χ3v) is 2.82. The summed E-state index contributed by atoms with van der Waals surface area (Å²) in [5, 5.41) is 9.21. The average Bonchev–Trinajstić information content (AvgIpc) is 2.50. The summed E-state index contributed by atoms with van der Waals surface area (Å²) in [5.74, 6) is -0.432. The molecule has 0 radical (unpaired) electrons. The molecule has 0 aliphatic heterocycles. The number of hydrogen-bond acceptors (Lipinski definition) is 4. The number of nitrogens with zero attached hydrogens (tertiary/aromatic N) is 2. The zero-order chi connectivity index (χ0) is 14.4. The van der Waals surface area contributed by atoms with Gasteiger partial charge in [-0.25, -0.2) is 0 Å². The van der Waals surface area contributed by atoms with Crippen molar-refractivity contribution in [1.29, 1.82) is 5.26 Å². The molecule has 0 bridgehead atoms. The highest BCUT2D eigenvalue weighted by Gasteiger charge is 2.22. The summed E-state index contributed by atoms with van der Waals surface area (Å²) in [7, 11) is 0. The van der Waals surface area contributed by atoms with E-state index in [0.717, 1.165) is 0 Å². The number of carbonyl (C=O) groups excluding carboxylic acids is 1. The van der Waals surface area contributed by atoms with Crippen LogP contribution in [0.15, 0.2) is 48.7 Å². The summed E-state index contributed by atoms with van der Waals surface area (Å²) >= 11 is 0. The zero-order valence-corrected chi connectivity index (χ0v) is 11.1. The molecule has 2 rings (SSSR count). The Labute approximate surface area is 117 Å². The average molecular weight is 266 g/mol. The van der Waals surface area contributed by atoms with Gasteiger partial charge in [0.2, 0.25) is 0 Å². The van der Waals surface area contributed by atoms with Crippen molar-refractivity contribution < 1.29 is 9.53 Å². The van der Waals surface area contributed by atoms with Gasteiger partial charge in [0.25, 0.3) is 0 Å². The zero-order valence-electron chi connectivity index (χ0n) is 11.1. The second-order valence-electron chi connectivity index (χ2n) is 4.14. The Bertz CT molecular complexity index is 615. The maximum absolute atomic E-state index is 12.3. The van der Waals surface area contributed by atoms with E-state index in [9.17, 15) is 10.1 Å². The summed E-state index contributed by atoms with van der Waals surface area (Å²) in [4.78, 5) is 16.4. The highest BCUT2D eigenvalue weighted by atomic mass is 16.5. The number of hydrogen-bond donors (Lipinski definition) is 0. The number of ether oxygens (including phenoxy) is 1. The first-order valence-corrected chi connectivity index (χ1v) is 6.34. The van der Waals surface area contributed by atoms with Crippen molar-refractivity contribution in [2.24, 2.45) is 0 Å². The molecular weight excluding hydrogens is 252 g/mol. The first-order valence-electron chi connectivity index (χ1n) is 6.34. The molecule has 0 saturated heterocycles. The molecule has 0 amide bonds. The monoisotopic (exact) mass is 266 g/mol. The predicted octanol–water partition coefficient (Wildman–Crippen LogP) is 2.97. The van der Waals surface area contributed by atoms with Crippen molar-refractivity contribution in [2.75, 3.05) is 6.61 Å². The minimum absolute atomic E-state index is 0.255. The maximum Gasteiger partial charge on any atom is 0.186 e. The molecular formula is C16H14N2O2. The first kappa shape index (κ1) is 13.8. The van der Waals surface area contributed by atoms with Crippen LogP contribution in [0.1, 0.15) is 28.9 Å². The van der Waals surface area contributed by atoms with Gasteiger partial charge in [0, 0.05) is 11.8 Å². The lowest BCUT2D eigenvalue weighted by Gasteiger charge is -2.08. The largest absolute Gasteiger partial charge is 0.494 e. The maximum atomic E-state index is 12.3. The molecule has 1 aromatic carbocycles. The quantitative estimate of drug-likeness (QED) is 0.780. The molecule has 1 unspecified atom stereocenters. The van der Waals surface area contributed by atoms with Crippen LogP contribution >= 0.6 is 0 Å². The molecule has 2 aromatic rings. The third kappa shape index (κ3) is 3.01. The fourth-order valence-electron chi connectivity index (χ4n) is 1.85. The van der Waals surface area contributed by atoms with Gasteiger partial charge in [-0.2, -0.15) is 5.26 Å². The van der Waals surface area contributed by atoms with E-state index in [0.29, 0.717) is 23.6 Å². The van der Waals surface area contributed by atoms with Gasteiger partial charge in [0.15, 0.2) is 11.7 Å². The molecule has 0 spiro atoms. The summed E-state index contributed by atoms with van der Waals surface area (Å²) < 4.78 is 5.32. The Morgan fingerprint density at radius 1 is 1.30 bits per heavy atom. The molecule has 0 aliphatic rings. The molecule has 4 heteroatoms. The molecule has 1 heterocycles. The number of carbonyl (C=O) groups is 1. The van der Waals surface area contributed by atoms with E-state index >= 15 is 0 Å². The van der Waals surface area contributed by atoms with Crippen LogP contribution < -0.4 is 4.74 Å². The summed E-state index contributed by atoms with van der Waals surface area (Å²) in [6.07, 6.45) is 1.57. The van der Waals surface area contributed by atoms with Gasteiger partial charge in [-0.1, -0.05) is 6.07 Å². The van der Waals surface area contributed by atoms with Crippen LogP contribution in [0.4, 0.5) is 0 Å². The van der Waals surface area contributed by atoms with E-state index in [2.05, 4.69) is 4.98 Å². The number of pyridine rings is 1. The molecule has 100 valence electrons. The number of ketones is 1. The lowest BCUT2D eigenvalue weighted by atomic mass is 9.95. The first-order chi connectivity index (χ1) is 9.76. The van der Waals surface area contributed by atoms with E-state index < -0.39 is 5.92 Å². The van der Waals surface area contributed by atoms with Crippen LogP contribution in [0.25, 0.3) is 0 Å². The van der Waals surface area contributed by atoms with Gasteiger partial charge in [0.1, 0.15) is 5.75 Å². The van der Waals surface area contributed by atoms with Crippen molar-refractivity contribution in [3.05, 3.63) is 59.9 Å². The summed E-state index contributed by atoms with van der Waals surface area (Å²) in [6.45, 7) is 2.47. The molecule has 0 saturated carbocycles. The van der Waals surface area contributed by atoms with E-state index in [4.69, 9.17) is 4.74 Å². The molecule has 20 heavy (non-hydrogen) atoms. The third-order valence-electron chi connectivity index (χ3n) is 2.82. The van der Waals surface area contributed by atoms with Crippen LogP contribution in [-0.4, -0.2) is 17.4 Å². The van der Waals surface area contributed by atoms with Crippen LogP contribution in [0.3, 0.4) is 0 Å². The SMILES string of the molecule is CCOc1ccc(C(=O)C(C#N)c2ccccn2)cc1. The molecule has 1 atom stereocenters. The minimum Gasteiger partial charge on any atom is -0.494 e. The summed E-state index contributed by atoms with van der Waals surface area (Å²) in [6, 6.07) is 14.0. The fourth-order valence-corrected chi connectivity index (χ4v) is 1.85. The molecule has 1 aromatic heterocycles. The fraction of sp³-hybridized carbons (Fsp3) is 0.188. The van der Waals surface area contributed by atoms with Crippen LogP contribution in [0.2, 0.25) is 0 Å². The van der Waals surface area contributed by atoms with Gasteiger partial charge < -0.3 is 4.74 Å².